The van der Waals surface area contributed by atoms with E-state index in [0.717, 1.165) is 4.47 Å². The first-order chi connectivity index (χ1) is 11.8. The lowest BCUT2D eigenvalue weighted by Gasteiger charge is -2.50. The summed E-state index contributed by atoms with van der Waals surface area (Å²) < 4.78 is 18.2. The number of H-pyrrole nitrogens is 1. The molecule has 134 valence electrons. The standard InChI is InChI=1S/C18H20BrNO5/c1-17(10-23-3)18(2,22)16(24-12-6-7-20-15(21)9-12)13-8-11(19)4-5-14(13)25-17/h4-9,16,22H,10H2,1-3H3,(H,20,21). The Bertz CT molecular complexity index is 834. The van der Waals surface area contributed by atoms with Crippen molar-refractivity contribution in [1.29, 1.82) is 0 Å². The lowest BCUT2D eigenvalue weighted by atomic mass is 9.76. The maximum absolute atomic E-state index is 11.6. The monoisotopic (exact) mass is 409 g/mol. The summed E-state index contributed by atoms with van der Waals surface area (Å²) in [6.07, 6.45) is 0.748. The van der Waals surface area contributed by atoms with Gasteiger partial charge in [0.1, 0.15) is 17.1 Å². The molecule has 6 nitrogen and oxygen atoms in total. The third-order valence-corrected chi connectivity index (χ3v) is 5.08. The molecule has 0 aliphatic carbocycles. The van der Waals surface area contributed by atoms with Crippen LogP contribution in [0.2, 0.25) is 0 Å². The van der Waals surface area contributed by atoms with Crippen molar-refractivity contribution in [2.24, 2.45) is 0 Å². The second kappa shape index (κ2) is 6.48. The van der Waals surface area contributed by atoms with E-state index in [9.17, 15) is 9.90 Å². The maximum atomic E-state index is 11.6. The van der Waals surface area contributed by atoms with E-state index in [4.69, 9.17) is 14.2 Å². The highest BCUT2D eigenvalue weighted by atomic mass is 79.9. The van der Waals surface area contributed by atoms with Crippen LogP contribution in [0, 0.1) is 0 Å². The van der Waals surface area contributed by atoms with Crippen molar-refractivity contribution < 1.29 is 19.3 Å². The predicted molar refractivity (Wildman–Crippen MR) is 96.1 cm³/mol. The maximum Gasteiger partial charge on any atom is 0.251 e. The van der Waals surface area contributed by atoms with E-state index >= 15 is 0 Å². The van der Waals surface area contributed by atoms with Gasteiger partial charge in [-0.25, -0.2) is 0 Å². The number of hydrogen-bond acceptors (Lipinski definition) is 5. The van der Waals surface area contributed by atoms with Gasteiger partial charge in [-0.3, -0.25) is 4.79 Å². The van der Waals surface area contributed by atoms with E-state index in [-0.39, 0.29) is 12.2 Å². The molecule has 0 saturated carbocycles. The zero-order chi connectivity index (χ0) is 18.2. The lowest BCUT2D eigenvalue weighted by molar-refractivity contribution is -0.199. The molecule has 1 aliphatic rings. The van der Waals surface area contributed by atoms with E-state index in [2.05, 4.69) is 20.9 Å². The molecule has 3 rings (SSSR count). The van der Waals surface area contributed by atoms with Crippen LogP contribution in [0.3, 0.4) is 0 Å². The van der Waals surface area contributed by atoms with Crippen LogP contribution in [0.4, 0.5) is 0 Å². The van der Waals surface area contributed by atoms with Crippen molar-refractivity contribution in [2.45, 2.75) is 31.2 Å². The zero-order valence-electron chi connectivity index (χ0n) is 14.2. The number of benzene rings is 1. The third-order valence-electron chi connectivity index (χ3n) is 4.59. The summed E-state index contributed by atoms with van der Waals surface area (Å²) in [5.41, 5.74) is -2.04. The number of methoxy groups -OCH3 is 1. The number of aromatic amines is 1. The Morgan fingerprint density at radius 1 is 1.32 bits per heavy atom. The normalized spacial score (nSPS) is 28.1. The molecule has 0 spiro atoms. The fourth-order valence-corrected chi connectivity index (χ4v) is 3.39. The number of hydrogen-bond donors (Lipinski definition) is 2. The Morgan fingerprint density at radius 2 is 2.08 bits per heavy atom. The van der Waals surface area contributed by atoms with Crippen molar-refractivity contribution >= 4 is 15.9 Å². The molecule has 3 atom stereocenters. The largest absolute Gasteiger partial charge is 0.482 e. The minimum absolute atomic E-state index is 0.171. The Morgan fingerprint density at radius 3 is 2.76 bits per heavy atom. The number of rotatable bonds is 4. The topological polar surface area (TPSA) is 80.8 Å². The molecule has 7 heteroatoms. The van der Waals surface area contributed by atoms with Crippen molar-refractivity contribution in [3.63, 3.8) is 0 Å². The van der Waals surface area contributed by atoms with E-state index < -0.39 is 17.3 Å². The summed E-state index contributed by atoms with van der Waals surface area (Å²) in [6, 6.07) is 8.50. The minimum atomic E-state index is -1.42. The Balaban J connectivity index is 2.11. The number of aromatic nitrogens is 1. The Hall–Kier alpha value is -1.83. The van der Waals surface area contributed by atoms with Gasteiger partial charge in [-0.05, 0) is 38.1 Å². The van der Waals surface area contributed by atoms with Crippen LogP contribution >= 0.6 is 15.9 Å². The summed E-state index contributed by atoms with van der Waals surface area (Å²) in [7, 11) is 1.55. The highest BCUT2D eigenvalue weighted by Gasteiger charge is 2.57. The van der Waals surface area contributed by atoms with E-state index in [0.29, 0.717) is 17.1 Å². The van der Waals surface area contributed by atoms with Gasteiger partial charge >= 0.3 is 0 Å². The first-order valence-corrected chi connectivity index (χ1v) is 8.61. The lowest BCUT2D eigenvalue weighted by Crippen LogP contribution is -2.63. The molecule has 3 unspecified atom stereocenters. The molecule has 0 saturated heterocycles. The highest BCUT2D eigenvalue weighted by molar-refractivity contribution is 9.10. The quantitative estimate of drug-likeness (QED) is 0.811. The molecule has 2 aromatic rings. The second-order valence-electron chi connectivity index (χ2n) is 6.48. The van der Waals surface area contributed by atoms with Crippen molar-refractivity contribution in [1.82, 2.24) is 4.98 Å². The first kappa shape index (κ1) is 18.0. The fourth-order valence-electron chi connectivity index (χ4n) is 3.01. The third kappa shape index (κ3) is 3.19. The number of ether oxygens (including phenoxy) is 3. The molecule has 0 amide bonds. The average molecular weight is 410 g/mol. The molecule has 1 aliphatic heterocycles. The second-order valence-corrected chi connectivity index (χ2v) is 7.40. The number of pyridine rings is 1. The first-order valence-electron chi connectivity index (χ1n) is 7.82. The molecular formula is C18H20BrNO5. The molecule has 0 radical (unpaired) electrons. The SMILES string of the molecule is COCC1(C)Oc2ccc(Br)cc2C(Oc2cc[nH]c(=O)c2)C1(C)O. The zero-order valence-corrected chi connectivity index (χ0v) is 15.8. The molecule has 2 heterocycles. The van der Waals surface area contributed by atoms with Crippen LogP contribution in [-0.2, 0) is 4.74 Å². The van der Waals surface area contributed by atoms with E-state index in [1.807, 2.05) is 18.2 Å². The van der Waals surface area contributed by atoms with Crippen LogP contribution in [0.15, 0.2) is 45.8 Å². The average Bonchev–Trinajstić information content (AvgIpc) is 2.53. The molecule has 0 bridgehead atoms. The molecule has 0 fully saturated rings. The minimum Gasteiger partial charge on any atom is -0.482 e. The van der Waals surface area contributed by atoms with E-state index in [1.165, 1.54) is 12.3 Å². The number of fused-ring (bicyclic) bond motifs is 1. The summed E-state index contributed by atoms with van der Waals surface area (Å²) >= 11 is 3.44. The molecule has 1 aromatic heterocycles. The van der Waals surface area contributed by atoms with Gasteiger partial charge in [0.15, 0.2) is 11.7 Å². The molecular weight excluding hydrogens is 390 g/mol. The Labute approximate surface area is 153 Å². The van der Waals surface area contributed by atoms with Gasteiger partial charge in [0.05, 0.1) is 6.61 Å². The van der Waals surface area contributed by atoms with Gasteiger partial charge in [-0.15, -0.1) is 0 Å². The van der Waals surface area contributed by atoms with Gasteiger partial charge < -0.3 is 24.3 Å². The number of nitrogens with one attached hydrogen (secondary N) is 1. The predicted octanol–water partition coefficient (Wildman–Crippen LogP) is 2.81. The van der Waals surface area contributed by atoms with Crippen LogP contribution < -0.4 is 15.0 Å². The molecule has 25 heavy (non-hydrogen) atoms. The van der Waals surface area contributed by atoms with Gasteiger partial charge in [-0.1, -0.05) is 15.9 Å². The van der Waals surface area contributed by atoms with Gasteiger partial charge in [-0.2, -0.15) is 0 Å². The fraction of sp³-hybridized carbons (Fsp3) is 0.389. The van der Waals surface area contributed by atoms with Crippen LogP contribution in [-0.4, -0.2) is 35.0 Å². The number of aliphatic hydroxyl groups is 1. The summed E-state index contributed by atoms with van der Waals surface area (Å²) in [6.45, 7) is 3.59. The Kier molecular flexibility index (Phi) is 4.66. The summed E-state index contributed by atoms with van der Waals surface area (Å²) in [4.78, 5) is 14.1. The smallest absolute Gasteiger partial charge is 0.251 e. The van der Waals surface area contributed by atoms with Gasteiger partial charge in [0.25, 0.3) is 5.56 Å². The summed E-state index contributed by atoms with van der Waals surface area (Å²) in [5.74, 6) is 0.964. The van der Waals surface area contributed by atoms with Crippen LogP contribution in [0.1, 0.15) is 25.5 Å². The van der Waals surface area contributed by atoms with Crippen molar-refractivity contribution in [2.75, 3.05) is 13.7 Å². The van der Waals surface area contributed by atoms with Crippen molar-refractivity contribution in [3.8, 4) is 11.5 Å². The molecule has 2 N–H and O–H groups in total. The number of halogens is 1. The van der Waals surface area contributed by atoms with Crippen molar-refractivity contribution in [3.05, 3.63) is 56.9 Å². The van der Waals surface area contributed by atoms with E-state index in [1.54, 1.807) is 27.0 Å². The molecule has 1 aromatic carbocycles. The highest BCUT2D eigenvalue weighted by Crippen LogP contribution is 2.48. The summed E-state index contributed by atoms with van der Waals surface area (Å²) in [5, 5.41) is 11.3. The van der Waals surface area contributed by atoms with Crippen LogP contribution in [0.5, 0.6) is 11.5 Å². The van der Waals surface area contributed by atoms with Gasteiger partial charge in [0.2, 0.25) is 0 Å². The van der Waals surface area contributed by atoms with Gasteiger partial charge in [0, 0.05) is 29.4 Å². The van der Waals surface area contributed by atoms with Crippen LogP contribution in [0.25, 0.3) is 0 Å².